The Labute approximate surface area is 48.9 Å². The maximum atomic E-state index is 11.8. The molecule has 0 heterocycles. The molecule has 0 amide bonds. The van der Waals surface area contributed by atoms with Crippen molar-refractivity contribution in [3.8, 4) is 0 Å². The molecule has 0 aliphatic carbocycles. The molecule has 0 fully saturated rings. The Morgan fingerprint density at radius 2 is 2.12 bits per heavy atom. The molecule has 0 radical (unpaired) electrons. The van der Waals surface area contributed by atoms with E-state index in [9.17, 15) is 4.39 Å². The molecule has 0 spiro atoms. The van der Waals surface area contributed by atoms with Gasteiger partial charge in [0.15, 0.2) is 0 Å². The van der Waals surface area contributed by atoms with Crippen LogP contribution in [-0.4, -0.2) is 0 Å². The van der Waals surface area contributed by atoms with Crippen LogP contribution >= 0.6 is 0 Å². The zero-order chi connectivity index (χ0) is 6.57. The number of allylic oxidation sites excluding steroid dienone is 2. The Bertz CT molecular complexity index is 112. The zero-order valence-electron chi connectivity index (χ0n) is 5.16. The van der Waals surface area contributed by atoms with Gasteiger partial charge in [0.1, 0.15) is 5.83 Å². The van der Waals surface area contributed by atoms with E-state index in [1.54, 1.807) is 6.92 Å². The highest BCUT2D eigenvalue weighted by molar-refractivity contribution is 4.95. The second-order valence-corrected chi connectivity index (χ2v) is 1.66. The van der Waals surface area contributed by atoms with Crippen molar-refractivity contribution < 1.29 is 4.39 Å². The van der Waals surface area contributed by atoms with E-state index < -0.39 is 0 Å². The van der Waals surface area contributed by atoms with Crippen LogP contribution in [0.1, 0.15) is 13.8 Å². The standard InChI is InChI=1S/C6H10FN/c1-5(2)8-4-6(3)7/h4,8H,1H2,2-3H3/b6-4-. The van der Waals surface area contributed by atoms with E-state index in [1.165, 1.54) is 13.1 Å². The summed E-state index contributed by atoms with van der Waals surface area (Å²) in [5.41, 5.74) is 0.738. The molecule has 0 aliphatic rings. The SMILES string of the molecule is C=C(C)N/C=C(/C)F. The van der Waals surface area contributed by atoms with E-state index in [4.69, 9.17) is 0 Å². The highest BCUT2D eigenvalue weighted by Gasteiger charge is 1.78. The van der Waals surface area contributed by atoms with Gasteiger partial charge in [0, 0.05) is 11.9 Å². The van der Waals surface area contributed by atoms with Crippen molar-refractivity contribution in [3.05, 3.63) is 24.3 Å². The Kier molecular flexibility index (Phi) is 2.92. The summed E-state index contributed by atoms with van der Waals surface area (Å²) in [5.74, 6) is -0.243. The highest BCUT2D eigenvalue weighted by Crippen LogP contribution is 1.89. The molecule has 8 heavy (non-hydrogen) atoms. The van der Waals surface area contributed by atoms with E-state index >= 15 is 0 Å². The molecule has 0 rings (SSSR count). The third-order valence-corrected chi connectivity index (χ3v) is 0.517. The van der Waals surface area contributed by atoms with Gasteiger partial charge in [0.05, 0.1) is 0 Å². The van der Waals surface area contributed by atoms with Crippen molar-refractivity contribution >= 4 is 0 Å². The molecule has 0 aromatic rings. The molecular formula is C6H10FN. The molecule has 0 saturated heterocycles. The van der Waals surface area contributed by atoms with Crippen molar-refractivity contribution in [1.82, 2.24) is 5.32 Å². The van der Waals surface area contributed by atoms with Crippen molar-refractivity contribution in [3.63, 3.8) is 0 Å². The molecule has 46 valence electrons. The topological polar surface area (TPSA) is 12.0 Å². The molecular weight excluding hydrogens is 105 g/mol. The van der Waals surface area contributed by atoms with E-state index in [0.29, 0.717) is 0 Å². The maximum Gasteiger partial charge on any atom is 0.113 e. The Morgan fingerprint density at radius 1 is 1.62 bits per heavy atom. The van der Waals surface area contributed by atoms with Gasteiger partial charge in [0.2, 0.25) is 0 Å². The van der Waals surface area contributed by atoms with Gasteiger partial charge in [-0.25, -0.2) is 4.39 Å². The third kappa shape index (κ3) is 5.21. The smallest absolute Gasteiger partial charge is 0.113 e. The van der Waals surface area contributed by atoms with Crippen molar-refractivity contribution in [2.45, 2.75) is 13.8 Å². The molecule has 1 N–H and O–H groups in total. The first kappa shape index (κ1) is 7.21. The molecule has 1 nitrogen and oxygen atoms in total. The Hall–Kier alpha value is -0.790. The molecule has 0 aliphatic heterocycles. The van der Waals surface area contributed by atoms with Crippen LogP contribution in [-0.2, 0) is 0 Å². The first-order valence-corrected chi connectivity index (χ1v) is 2.37. The van der Waals surface area contributed by atoms with Crippen molar-refractivity contribution in [2.75, 3.05) is 0 Å². The molecule has 0 saturated carbocycles. The minimum absolute atomic E-state index is 0.243. The Balaban J connectivity index is 3.45. The van der Waals surface area contributed by atoms with Gasteiger partial charge in [-0.15, -0.1) is 0 Å². The number of hydrogen-bond acceptors (Lipinski definition) is 1. The summed E-state index contributed by atoms with van der Waals surface area (Å²) < 4.78 is 11.8. The van der Waals surface area contributed by atoms with Gasteiger partial charge in [-0.1, -0.05) is 6.58 Å². The number of hydrogen-bond donors (Lipinski definition) is 1. The van der Waals surface area contributed by atoms with Gasteiger partial charge in [-0.2, -0.15) is 0 Å². The van der Waals surface area contributed by atoms with Gasteiger partial charge in [-0.05, 0) is 13.8 Å². The molecule has 0 aromatic heterocycles. The van der Waals surface area contributed by atoms with Crippen LogP contribution in [0.15, 0.2) is 24.3 Å². The summed E-state index contributed by atoms with van der Waals surface area (Å²) in [6.07, 6.45) is 1.27. The summed E-state index contributed by atoms with van der Waals surface area (Å²) in [4.78, 5) is 0. The van der Waals surface area contributed by atoms with E-state index in [-0.39, 0.29) is 5.83 Å². The molecule has 0 atom stereocenters. The lowest BCUT2D eigenvalue weighted by molar-refractivity contribution is 0.631. The highest BCUT2D eigenvalue weighted by atomic mass is 19.1. The third-order valence-electron chi connectivity index (χ3n) is 0.517. The first-order chi connectivity index (χ1) is 3.63. The maximum absolute atomic E-state index is 11.8. The minimum Gasteiger partial charge on any atom is -0.364 e. The molecule has 2 heteroatoms. The fourth-order valence-electron chi connectivity index (χ4n) is 0.223. The van der Waals surface area contributed by atoms with Crippen LogP contribution < -0.4 is 5.32 Å². The second kappa shape index (κ2) is 3.24. The minimum atomic E-state index is -0.243. The summed E-state index contributed by atoms with van der Waals surface area (Å²) in [6.45, 7) is 6.64. The van der Waals surface area contributed by atoms with Gasteiger partial charge in [-0.3, -0.25) is 0 Å². The van der Waals surface area contributed by atoms with Crippen molar-refractivity contribution in [2.24, 2.45) is 0 Å². The average molecular weight is 115 g/mol. The summed E-state index contributed by atoms with van der Waals surface area (Å²) in [7, 11) is 0. The van der Waals surface area contributed by atoms with E-state index in [0.717, 1.165) is 5.70 Å². The fraction of sp³-hybridized carbons (Fsp3) is 0.333. The van der Waals surface area contributed by atoms with E-state index in [1.807, 2.05) is 0 Å². The predicted octanol–water partition coefficient (Wildman–Crippen LogP) is 1.94. The predicted molar refractivity (Wildman–Crippen MR) is 32.8 cm³/mol. The number of halogens is 1. The van der Waals surface area contributed by atoms with Crippen LogP contribution in [0.3, 0.4) is 0 Å². The summed E-state index contributed by atoms with van der Waals surface area (Å²) >= 11 is 0. The average Bonchev–Trinajstić information content (AvgIpc) is 1.61. The van der Waals surface area contributed by atoms with Crippen molar-refractivity contribution in [1.29, 1.82) is 0 Å². The lowest BCUT2D eigenvalue weighted by Gasteiger charge is -1.93. The van der Waals surface area contributed by atoms with E-state index in [2.05, 4.69) is 11.9 Å². The van der Waals surface area contributed by atoms with Crippen LogP contribution in [0.5, 0.6) is 0 Å². The van der Waals surface area contributed by atoms with Gasteiger partial charge < -0.3 is 5.32 Å². The fourth-order valence-corrected chi connectivity index (χ4v) is 0.223. The zero-order valence-corrected chi connectivity index (χ0v) is 5.16. The Morgan fingerprint density at radius 3 is 2.25 bits per heavy atom. The first-order valence-electron chi connectivity index (χ1n) is 2.37. The van der Waals surface area contributed by atoms with Crippen LogP contribution in [0.2, 0.25) is 0 Å². The summed E-state index contributed by atoms with van der Waals surface area (Å²) in [5, 5.41) is 2.61. The van der Waals surface area contributed by atoms with Gasteiger partial charge >= 0.3 is 0 Å². The second-order valence-electron chi connectivity index (χ2n) is 1.66. The largest absolute Gasteiger partial charge is 0.364 e. The lowest BCUT2D eigenvalue weighted by Crippen LogP contribution is -1.98. The lowest BCUT2D eigenvalue weighted by atomic mass is 10.5. The molecule has 0 unspecified atom stereocenters. The van der Waals surface area contributed by atoms with Crippen LogP contribution in [0.4, 0.5) is 4.39 Å². The van der Waals surface area contributed by atoms with Gasteiger partial charge in [0.25, 0.3) is 0 Å². The summed E-state index contributed by atoms with van der Waals surface area (Å²) in [6, 6.07) is 0. The number of nitrogens with one attached hydrogen (secondary N) is 1. The van der Waals surface area contributed by atoms with Crippen LogP contribution in [0, 0.1) is 0 Å². The normalized spacial score (nSPS) is 11.1. The monoisotopic (exact) mass is 115 g/mol. The molecule has 0 aromatic carbocycles. The van der Waals surface area contributed by atoms with Crippen LogP contribution in [0.25, 0.3) is 0 Å². The number of rotatable bonds is 2. The quantitative estimate of drug-likeness (QED) is 0.580. The molecule has 0 bridgehead atoms.